The van der Waals surface area contributed by atoms with E-state index < -0.39 is 31.0 Å². The van der Waals surface area contributed by atoms with Crippen molar-refractivity contribution in [1.82, 2.24) is 0 Å². The normalized spacial score (nSPS) is 62.1. The Kier molecular flexibility index (Phi) is 2.51. The minimum Gasteiger partial charge on any atom is -0.355 e. The predicted molar refractivity (Wildman–Crippen MR) is 73.8 cm³/mol. The number of ether oxygens (including phenoxy) is 3. The maximum Gasteiger partial charge on any atom is 0.201 e. The number of fused-ring (bicyclic) bond motifs is 2. The van der Waals surface area contributed by atoms with Crippen molar-refractivity contribution >= 4 is 0 Å². The second-order valence-electron chi connectivity index (χ2n) is 7.39. The molecule has 0 N–H and O–H groups in total. The van der Waals surface area contributed by atoms with Gasteiger partial charge in [-0.25, -0.2) is 9.78 Å². The van der Waals surface area contributed by atoms with E-state index in [4.69, 9.17) is 28.1 Å². The highest BCUT2D eigenvalue weighted by Crippen LogP contribution is 2.60. The summed E-state index contributed by atoms with van der Waals surface area (Å²) in [6, 6.07) is 0. The van der Waals surface area contributed by atoms with E-state index in [1.807, 2.05) is 13.8 Å². The second kappa shape index (κ2) is 4.65. The van der Waals surface area contributed by atoms with E-state index in [9.17, 15) is 0 Å². The fourth-order valence-electron chi connectivity index (χ4n) is 5.01. The molecule has 0 aromatic heterocycles. The zero-order valence-corrected chi connectivity index (χ0v) is 12.8. The van der Waals surface area contributed by atoms with Crippen LogP contribution in [0.5, 0.6) is 0 Å². The van der Waals surface area contributed by atoms with E-state index in [1.165, 1.54) is 0 Å². The predicted octanol–water partition coefficient (Wildman–Crippen LogP) is 2.84. The van der Waals surface area contributed by atoms with Gasteiger partial charge in [-0.1, -0.05) is 13.8 Å². The van der Waals surface area contributed by atoms with Gasteiger partial charge in [0.2, 0.25) is 5.79 Å². The highest BCUT2D eigenvalue weighted by molar-refractivity contribution is 5.08. The van der Waals surface area contributed by atoms with Crippen LogP contribution in [0.1, 0.15) is 50.6 Å². The molecule has 5 fully saturated rings. The van der Waals surface area contributed by atoms with Crippen LogP contribution in [0.25, 0.3) is 0 Å². The van der Waals surface area contributed by atoms with Crippen molar-refractivity contribution < 1.29 is 28.1 Å². The molecule has 5 nitrogen and oxygen atoms in total. The summed E-state index contributed by atoms with van der Waals surface area (Å²) in [5.41, 5.74) is -0.679. The van der Waals surface area contributed by atoms with Crippen molar-refractivity contribution in [1.29, 1.82) is 0 Å². The van der Waals surface area contributed by atoms with Gasteiger partial charge in [0.05, 0.1) is 4.11 Å². The van der Waals surface area contributed by atoms with Gasteiger partial charge in [0.15, 0.2) is 18.2 Å². The molecule has 5 heteroatoms. The van der Waals surface area contributed by atoms with Crippen LogP contribution in [0.3, 0.4) is 0 Å². The van der Waals surface area contributed by atoms with Crippen LogP contribution in [0.15, 0.2) is 0 Å². The molecule has 21 heavy (non-hydrogen) atoms. The molecule has 4 aliphatic heterocycles. The molecule has 2 bridgehead atoms. The van der Waals surface area contributed by atoms with Gasteiger partial charge < -0.3 is 14.2 Å². The molecule has 8 atom stereocenters. The van der Waals surface area contributed by atoms with Gasteiger partial charge in [0.25, 0.3) is 0 Å². The first kappa shape index (κ1) is 11.4. The van der Waals surface area contributed by atoms with Crippen LogP contribution >= 0.6 is 0 Å². The minimum absolute atomic E-state index is 0.0763. The lowest BCUT2D eigenvalue weighted by molar-refractivity contribution is -0.577. The average molecular weight is 302 g/mol. The lowest BCUT2D eigenvalue weighted by atomic mass is 9.58. The Morgan fingerprint density at radius 1 is 1.14 bits per heavy atom. The lowest BCUT2D eigenvalue weighted by Gasteiger charge is -2.60. The molecule has 0 radical (unpaired) electrons. The van der Waals surface area contributed by atoms with Gasteiger partial charge in [-0.3, -0.25) is 0 Å². The van der Waals surface area contributed by atoms with Crippen molar-refractivity contribution in [3.63, 3.8) is 0 Å². The summed E-state index contributed by atoms with van der Waals surface area (Å²) >= 11 is 0. The molecule has 5 rings (SSSR count). The zero-order chi connectivity index (χ0) is 17.3. The average Bonchev–Trinajstić information content (AvgIpc) is 2.69. The van der Waals surface area contributed by atoms with Crippen molar-refractivity contribution in [3.05, 3.63) is 0 Å². The maximum atomic E-state index is 7.42. The van der Waals surface area contributed by atoms with E-state index in [1.54, 1.807) is 0 Å². The zero-order valence-electron chi connectivity index (χ0n) is 15.8. The van der Waals surface area contributed by atoms with E-state index in [0.29, 0.717) is 5.92 Å². The first-order chi connectivity index (χ1) is 11.1. The fraction of sp³-hybridized carbons (Fsp3) is 1.00. The summed E-state index contributed by atoms with van der Waals surface area (Å²) < 4.78 is 39.6. The largest absolute Gasteiger partial charge is 0.355 e. The van der Waals surface area contributed by atoms with Crippen LogP contribution < -0.4 is 0 Å². The van der Waals surface area contributed by atoms with Crippen molar-refractivity contribution in [2.45, 2.75) is 70.4 Å². The van der Waals surface area contributed by atoms with Crippen molar-refractivity contribution in [3.8, 4) is 0 Å². The third-order valence-corrected chi connectivity index (χ3v) is 6.21. The Morgan fingerprint density at radius 3 is 2.81 bits per heavy atom. The Balaban J connectivity index is 1.72. The third kappa shape index (κ3) is 1.81. The number of methoxy groups -OCH3 is 1. The highest BCUT2D eigenvalue weighted by atomic mass is 17.3. The van der Waals surface area contributed by atoms with Crippen LogP contribution in [0.2, 0.25) is 0 Å². The molecule has 0 unspecified atom stereocenters. The summed E-state index contributed by atoms with van der Waals surface area (Å²) in [7, 11) is -2.50. The first-order valence-electron chi connectivity index (χ1n) is 9.52. The molecule has 0 amide bonds. The van der Waals surface area contributed by atoms with Gasteiger partial charge in [-0.15, -0.1) is 0 Å². The third-order valence-electron chi connectivity index (χ3n) is 6.21. The highest BCUT2D eigenvalue weighted by Gasteiger charge is 2.69. The Hall–Kier alpha value is -0.200. The van der Waals surface area contributed by atoms with E-state index in [0.717, 1.165) is 25.7 Å². The molecule has 4 heterocycles. The number of hydrogen-bond acceptors (Lipinski definition) is 5. The molecule has 0 aromatic carbocycles. The Labute approximate surface area is 130 Å². The van der Waals surface area contributed by atoms with E-state index >= 15 is 0 Å². The summed E-state index contributed by atoms with van der Waals surface area (Å²) in [6.07, 6.45) is 2.18. The maximum absolute atomic E-state index is 7.42. The number of hydrogen-bond donors (Lipinski definition) is 0. The molecular formula is C16H26O5. The molecule has 4 saturated heterocycles. The Morgan fingerprint density at radius 2 is 2.00 bits per heavy atom. The van der Waals surface area contributed by atoms with Crippen LogP contribution in [0.4, 0.5) is 0 Å². The molecule has 1 spiro atoms. The van der Waals surface area contributed by atoms with Gasteiger partial charge in [0, 0.05) is 25.3 Å². The standard InChI is InChI=1S/C16H26O5/c1-9-5-6-12-10(2)13(17-4)18-14-16(12)11(9)7-8-15(3,19-14)20-21-16/h9-14H,5-8H2,1-4H3/t9-,10-,11+,12+,13-,14-,15-,16-/m1/s1/i4+1D3. The molecular weight excluding hydrogens is 273 g/mol. The van der Waals surface area contributed by atoms with Gasteiger partial charge in [0.1, 0.15) is 0 Å². The van der Waals surface area contributed by atoms with E-state index in [-0.39, 0.29) is 17.8 Å². The Bertz CT molecular complexity index is 514. The van der Waals surface area contributed by atoms with Gasteiger partial charge in [-0.05, 0) is 38.0 Å². The number of rotatable bonds is 1. The van der Waals surface area contributed by atoms with Crippen molar-refractivity contribution in [2.24, 2.45) is 23.7 Å². The van der Waals surface area contributed by atoms with Crippen LogP contribution in [-0.4, -0.2) is 31.0 Å². The topological polar surface area (TPSA) is 46.2 Å². The molecule has 0 aromatic rings. The quantitative estimate of drug-likeness (QED) is 0.550. The van der Waals surface area contributed by atoms with Crippen molar-refractivity contribution in [2.75, 3.05) is 7.04 Å². The van der Waals surface area contributed by atoms with Crippen LogP contribution in [-0.2, 0) is 24.0 Å². The monoisotopic (exact) mass is 302 g/mol. The smallest absolute Gasteiger partial charge is 0.201 e. The molecule has 1 aliphatic carbocycles. The summed E-state index contributed by atoms with van der Waals surface area (Å²) in [5, 5.41) is 0. The minimum atomic E-state index is -2.50. The molecule has 5 aliphatic rings. The molecule has 120 valence electrons. The first-order valence-corrected chi connectivity index (χ1v) is 8.02. The fourth-order valence-corrected chi connectivity index (χ4v) is 5.01. The van der Waals surface area contributed by atoms with Crippen LogP contribution in [0, 0.1) is 23.7 Å². The molecule has 1 saturated carbocycles. The van der Waals surface area contributed by atoms with Gasteiger partial charge >= 0.3 is 0 Å². The van der Waals surface area contributed by atoms with E-state index in [2.05, 4.69) is 6.92 Å². The second-order valence-corrected chi connectivity index (χ2v) is 7.39. The van der Waals surface area contributed by atoms with Gasteiger partial charge in [-0.2, -0.15) is 0 Å². The summed E-state index contributed by atoms with van der Waals surface area (Å²) in [5.74, 6) is -0.157. The summed E-state index contributed by atoms with van der Waals surface area (Å²) in [4.78, 5) is 11.7. The SMILES string of the molecule is [2H][13C]([2H])([2H])O[C@@H]1O[C@@H]2O[C@@]3(C)CC[C@H]4[C@H](C)CC[C@@H]([C@H]1C)[C@@]24OO3. The summed E-state index contributed by atoms with van der Waals surface area (Å²) in [6.45, 7) is 6.06. The lowest BCUT2D eigenvalue weighted by Crippen LogP contribution is -2.70.